The van der Waals surface area contributed by atoms with Crippen LogP contribution in [0.4, 0.5) is 5.69 Å². The summed E-state index contributed by atoms with van der Waals surface area (Å²) < 4.78 is 5.61. The lowest BCUT2D eigenvalue weighted by atomic mass is 10.2. The summed E-state index contributed by atoms with van der Waals surface area (Å²) in [6.45, 7) is 4.35. The molecule has 2 aromatic rings. The van der Waals surface area contributed by atoms with Gasteiger partial charge in [-0.15, -0.1) is 0 Å². The number of para-hydroxylation sites is 1. The van der Waals surface area contributed by atoms with E-state index in [0.717, 1.165) is 18.0 Å². The van der Waals surface area contributed by atoms with E-state index >= 15 is 0 Å². The lowest BCUT2D eigenvalue weighted by molar-refractivity contribution is -0.117. The Hall–Kier alpha value is -3.09. The highest BCUT2D eigenvalue weighted by atomic mass is 16.5. The van der Waals surface area contributed by atoms with Gasteiger partial charge in [-0.1, -0.05) is 18.2 Å². The monoisotopic (exact) mass is 367 g/mol. The number of rotatable bonds is 7. The third-order valence-electron chi connectivity index (χ3n) is 4.14. The molecule has 1 fully saturated rings. The van der Waals surface area contributed by atoms with E-state index in [1.54, 1.807) is 12.4 Å². The van der Waals surface area contributed by atoms with Crippen LogP contribution in [0.25, 0.3) is 0 Å². The Morgan fingerprint density at radius 1 is 1.30 bits per heavy atom. The smallest absolute Gasteiger partial charge is 0.229 e. The average molecular weight is 367 g/mol. The second kappa shape index (κ2) is 9.56. The highest BCUT2D eigenvalue weighted by Crippen LogP contribution is 2.20. The van der Waals surface area contributed by atoms with Crippen molar-refractivity contribution in [3.05, 3.63) is 54.9 Å². The van der Waals surface area contributed by atoms with Crippen molar-refractivity contribution in [3.8, 4) is 5.75 Å². The van der Waals surface area contributed by atoms with Crippen LogP contribution in [0.3, 0.4) is 0 Å². The van der Waals surface area contributed by atoms with Gasteiger partial charge < -0.3 is 20.3 Å². The van der Waals surface area contributed by atoms with Crippen molar-refractivity contribution in [2.75, 3.05) is 31.1 Å². The van der Waals surface area contributed by atoms with Gasteiger partial charge in [-0.05, 0) is 31.2 Å². The molecule has 1 amide bonds. The molecule has 1 atom stereocenters. The Morgan fingerprint density at radius 3 is 2.89 bits per heavy atom. The molecule has 0 radical (unpaired) electrons. The number of hydrogen-bond acceptors (Lipinski definition) is 4. The van der Waals surface area contributed by atoms with Crippen molar-refractivity contribution in [1.29, 1.82) is 0 Å². The normalized spacial score (nSPS) is 17.1. The maximum absolute atomic E-state index is 12.3. The Kier molecular flexibility index (Phi) is 6.62. The van der Waals surface area contributed by atoms with Crippen LogP contribution in [0.1, 0.15) is 13.3 Å². The number of amides is 1. The molecule has 7 nitrogen and oxygen atoms in total. The summed E-state index contributed by atoms with van der Waals surface area (Å²) in [6, 6.07) is 13.5. The number of ether oxygens (including phenoxy) is 1. The number of hydrogen-bond donors (Lipinski definition) is 2. The molecule has 1 unspecified atom stereocenters. The van der Waals surface area contributed by atoms with Gasteiger partial charge in [0, 0.05) is 31.4 Å². The molecule has 2 N–H and O–H groups in total. The van der Waals surface area contributed by atoms with Gasteiger partial charge in [0.05, 0.1) is 18.8 Å². The van der Waals surface area contributed by atoms with E-state index in [9.17, 15) is 4.79 Å². The van der Waals surface area contributed by atoms with Gasteiger partial charge in [-0.25, -0.2) is 4.99 Å². The molecule has 27 heavy (non-hydrogen) atoms. The van der Waals surface area contributed by atoms with Gasteiger partial charge in [0.25, 0.3) is 0 Å². The van der Waals surface area contributed by atoms with E-state index in [0.29, 0.717) is 32.1 Å². The Morgan fingerprint density at radius 2 is 2.15 bits per heavy atom. The summed E-state index contributed by atoms with van der Waals surface area (Å²) >= 11 is 0. The second-order valence-corrected chi connectivity index (χ2v) is 6.18. The average Bonchev–Trinajstić information content (AvgIpc) is 3.07. The Balaban J connectivity index is 1.52. The molecule has 3 rings (SSSR count). The number of carbonyl (C=O) groups excluding carboxylic acids is 1. The van der Waals surface area contributed by atoms with Crippen molar-refractivity contribution in [3.63, 3.8) is 0 Å². The third kappa shape index (κ3) is 5.44. The van der Waals surface area contributed by atoms with E-state index in [4.69, 9.17) is 4.74 Å². The van der Waals surface area contributed by atoms with Gasteiger partial charge in [0.1, 0.15) is 12.4 Å². The molecule has 2 heterocycles. The predicted molar refractivity (Wildman–Crippen MR) is 106 cm³/mol. The lowest BCUT2D eigenvalue weighted by Crippen LogP contribution is -2.44. The maximum Gasteiger partial charge on any atom is 0.229 e. The van der Waals surface area contributed by atoms with E-state index in [-0.39, 0.29) is 11.9 Å². The van der Waals surface area contributed by atoms with Crippen LogP contribution >= 0.6 is 0 Å². The molecule has 0 saturated carbocycles. The van der Waals surface area contributed by atoms with Crippen LogP contribution < -0.4 is 20.3 Å². The first-order valence-electron chi connectivity index (χ1n) is 9.19. The van der Waals surface area contributed by atoms with E-state index in [1.807, 2.05) is 54.3 Å². The molecule has 1 aliphatic heterocycles. The van der Waals surface area contributed by atoms with E-state index in [1.165, 1.54) is 0 Å². The first-order chi connectivity index (χ1) is 13.3. The standard InChI is InChI=1S/C20H25N5O2/c1-2-22-20(23-11-12-27-18-9-6-10-21-14-18)24-16-13-19(26)25(15-16)17-7-4-3-5-8-17/h3-10,14,16H,2,11-13,15H2,1H3,(H2,22,23,24). The Bertz CT molecular complexity index is 751. The van der Waals surface area contributed by atoms with Crippen molar-refractivity contribution in [2.45, 2.75) is 19.4 Å². The molecule has 1 aliphatic rings. The minimum Gasteiger partial charge on any atom is -0.490 e. The number of pyridine rings is 1. The number of guanidine groups is 1. The molecule has 0 bridgehead atoms. The molecule has 0 spiro atoms. The minimum atomic E-state index is 0.0229. The van der Waals surface area contributed by atoms with Crippen LogP contribution in [0, 0.1) is 0 Å². The SMILES string of the molecule is CCNC(=NCCOc1cccnc1)NC1CC(=O)N(c2ccccc2)C1. The maximum atomic E-state index is 12.3. The van der Waals surface area contributed by atoms with Crippen molar-refractivity contribution in [1.82, 2.24) is 15.6 Å². The van der Waals surface area contributed by atoms with Crippen LogP contribution in [0.15, 0.2) is 59.9 Å². The van der Waals surface area contributed by atoms with Crippen LogP contribution in [0.2, 0.25) is 0 Å². The summed E-state index contributed by atoms with van der Waals surface area (Å²) in [7, 11) is 0. The summed E-state index contributed by atoms with van der Waals surface area (Å²) in [5, 5.41) is 6.57. The van der Waals surface area contributed by atoms with Crippen molar-refractivity contribution >= 4 is 17.6 Å². The first kappa shape index (κ1) is 18.7. The van der Waals surface area contributed by atoms with Gasteiger partial charge in [-0.2, -0.15) is 0 Å². The molecule has 1 saturated heterocycles. The zero-order valence-corrected chi connectivity index (χ0v) is 15.5. The number of anilines is 1. The molecule has 1 aromatic heterocycles. The Labute approximate surface area is 159 Å². The summed E-state index contributed by atoms with van der Waals surface area (Å²) in [5.41, 5.74) is 0.929. The highest BCUT2D eigenvalue weighted by Gasteiger charge is 2.30. The molecular weight excluding hydrogens is 342 g/mol. The van der Waals surface area contributed by atoms with Gasteiger partial charge in [0.2, 0.25) is 5.91 Å². The largest absolute Gasteiger partial charge is 0.490 e. The van der Waals surface area contributed by atoms with Crippen molar-refractivity contribution < 1.29 is 9.53 Å². The zero-order valence-electron chi connectivity index (χ0n) is 15.5. The minimum absolute atomic E-state index is 0.0229. The number of benzene rings is 1. The van der Waals surface area contributed by atoms with Gasteiger partial charge in [0.15, 0.2) is 5.96 Å². The highest BCUT2D eigenvalue weighted by molar-refractivity contribution is 5.97. The zero-order chi connectivity index (χ0) is 18.9. The lowest BCUT2D eigenvalue weighted by Gasteiger charge is -2.19. The number of nitrogens with one attached hydrogen (secondary N) is 2. The fourth-order valence-corrected chi connectivity index (χ4v) is 2.93. The fraction of sp³-hybridized carbons (Fsp3) is 0.350. The topological polar surface area (TPSA) is 78.9 Å². The van der Waals surface area contributed by atoms with Gasteiger partial charge in [-0.3, -0.25) is 9.78 Å². The molecule has 1 aromatic carbocycles. The van der Waals surface area contributed by atoms with Gasteiger partial charge >= 0.3 is 0 Å². The predicted octanol–water partition coefficient (Wildman–Crippen LogP) is 1.82. The van der Waals surface area contributed by atoms with E-state index in [2.05, 4.69) is 20.6 Å². The van der Waals surface area contributed by atoms with E-state index < -0.39 is 0 Å². The van der Waals surface area contributed by atoms with Crippen LogP contribution in [0.5, 0.6) is 5.75 Å². The van der Waals surface area contributed by atoms with Crippen molar-refractivity contribution in [2.24, 2.45) is 4.99 Å². The molecule has 142 valence electrons. The number of aliphatic imine (C=N–C) groups is 1. The van der Waals surface area contributed by atoms with Crippen LogP contribution in [-0.2, 0) is 4.79 Å². The quantitative estimate of drug-likeness (QED) is 0.443. The second-order valence-electron chi connectivity index (χ2n) is 6.18. The molecule has 0 aliphatic carbocycles. The molecule has 7 heteroatoms. The first-order valence-corrected chi connectivity index (χ1v) is 9.19. The summed E-state index contributed by atoms with van der Waals surface area (Å²) in [4.78, 5) is 22.7. The summed E-state index contributed by atoms with van der Waals surface area (Å²) in [6.07, 6.45) is 3.83. The number of nitrogens with zero attached hydrogens (tertiary/aromatic N) is 3. The number of aromatic nitrogens is 1. The number of carbonyl (C=O) groups is 1. The molecular formula is C20H25N5O2. The summed E-state index contributed by atoms with van der Waals surface area (Å²) in [5.74, 6) is 1.54. The third-order valence-corrected chi connectivity index (χ3v) is 4.14. The fourth-order valence-electron chi connectivity index (χ4n) is 2.93. The van der Waals surface area contributed by atoms with Crippen LogP contribution in [-0.4, -0.2) is 49.1 Å².